The highest BCUT2D eigenvalue weighted by Gasteiger charge is 2.37. The van der Waals surface area contributed by atoms with Crippen LogP contribution in [0.15, 0.2) is 71.6 Å². The van der Waals surface area contributed by atoms with Gasteiger partial charge < -0.3 is 10.1 Å². The summed E-state index contributed by atoms with van der Waals surface area (Å²) in [5.41, 5.74) is 4.00. The molecule has 1 heterocycles. The summed E-state index contributed by atoms with van der Waals surface area (Å²) in [6.07, 6.45) is -0.989. The van der Waals surface area contributed by atoms with Gasteiger partial charge in [-0.1, -0.05) is 41.5 Å². The number of nitrogens with one attached hydrogen (secondary N) is 1. The fourth-order valence-corrected chi connectivity index (χ4v) is 4.89. The van der Waals surface area contributed by atoms with Crippen molar-refractivity contribution in [2.75, 3.05) is 16.2 Å². The standard InChI is InChI=1S/C24H24N2O4S/c1-16-4-9-19(10-5-16)25-24(27)23-15-26(21-14-18(3)8-13-22(21)30-23)31(28,29)20-11-6-17(2)7-12-20/h4-14,23H,15H2,1-3H3,(H,25,27)/t23-/m0/s1. The molecular formula is C24H24N2O4S. The molecule has 3 aromatic carbocycles. The topological polar surface area (TPSA) is 75.7 Å². The van der Waals surface area contributed by atoms with Crippen LogP contribution in [0.25, 0.3) is 0 Å². The Balaban J connectivity index is 1.69. The van der Waals surface area contributed by atoms with E-state index in [9.17, 15) is 13.2 Å². The minimum absolute atomic E-state index is 0.121. The van der Waals surface area contributed by atoms with E-state index >= 15 is 0 Å². The number of carbonyl (C=O) groups is 1. The third kappa shape index (κ3) is 4.27. The second kappa shape index (κ2) is 8.07. The first-order chi connectivity index (χ1) is 14.7. The van der Waals surface area contributed by atoms with Crippen LogP contribution in [0, 0.1) is 20.8 Å². The van der Waals surface area contributed by atoms with Crippen molar-refractivity contribution in [3.05, 3.63) is 83.4 Å². The zero-order valence-corrected chi connectivity index (χ0v) is 18.4. The van der Waals surface area contributed by atoms with E-state index in [1.165, 1.54) is 4.31 Å². The quantitative estimate of drug-likeness (QED) is 0.665. The molecule has 1 aliphatic rings. The maximum absolute atomic E-state index is 13.5. The highest BCUT2D eigenvalue weighted by Crippen LogP contribution is 2.38. The summed E-state index contributed by atoms with van der Waals surface area (Å²) in [6.45, 7) is 5.62. The number of ether oxygens (including phenoxy) is 1. The van der Waals surface area contributed by atoms with Gasteiger partial charge >= 0.3 is 0 Å². The van der Waals surface area contributed by atoms with E-state index in [-0.39, 0.29) is 11.4 Å². The van der Waals surface area contributed by atoms with Crippen LogP contribution in [0.4, 0.5) is 11.4 Å². The molecule has 1 aliphatic heterocycles. The molecular weight excluding hydrogens is 412 g/mol. The number of rotatable bonds is 4. The number of anilines is 2. The maximum Gasteiger partial charge on any atom is 0.267 e. The Morgan fingerprint density at radius 2 is 1.48 bits per heavy atom. The first-order valence-electron chi connectivity index (χ1n) is 9.98. The molecule has 1 N–H and O–H groups in total. The molecule has 160 valence electrons. The SMILES string of the molecule is Cc1ccc(NC(=O)[C@@H]2CN(S(=O)(=O)c3ccc(C)cc3)c3cc(C)ccc3O2)cc1. The van der Waals surface area contributed by atoms with Gasteiger partial charge in [0.1, 0.15) is 5.75 Å². The Bertz CT molecular complexity index is 1220. The number of sulfonamides is 1. The second-order valence-electron chi connectivity index (χ2n) is 7.78. The van der Waals surface area contributed by atoms with Gasteiger partial charge in [-0.15, -0.1) is 0 Å². The lowest BCUT2D eigenvalue weighted by Crippen LogP contribution is -2.48. The van der Waals surface area contributed by atoms with Gasteiger partial charge in [0, 0.05) is 5.69 Å². The predicted molar refractivity (Wildman–Crippen MR) is 121 cm³/mol. The van der Waals surface area contributed by atoms with Crippen molar-refractivity contribution in [1.29, 1.82) is 0 Å². The summed E-state index contributed by atoms with van der Waals surface area (Å²) in [5.74, 6) is -0.0456. The maximum atomic E-state index is 13.5. The first kappa shape index (κ1) is 20.9. The van der Waals surface area contributed by atoms with E-state index in [0.29, 0.717) is 17.1 Å². The summed E-state index contributed by atoms with van der Waals surface area (Å²) in [5, 5.41) is 2.81. The van der Waals surface area contributed by atoms with Crippen LogP contribution < -0.4 is 14.4 Å². The van der Waals surface area contributed by atoms with Crippen molar-refractivity contribution in [2.24, 2.45) is 0 Å². The number of benzene rings is 3. The van der Waals surface area contributed by atoms with E-state index in [1.54, 1.807) is 48.5 Å². The minimum Gasteiger partial charge on any atom is -0.476 e. The average Bonchev–Trinajstić information content (AvgIpc) is 2.74. The lowest BCUT2D eigenvalue weighted by Gasteiger charge is -2.35. The summed E-state index contributed by atoms with van der Waals surface area (Å²) in [4.78, 5) is 13.1. The molecule has 0 bridgehead atoms. The molecule has 0 fully saturated rings. The number of nitrogens with zero attached hydrogens (tertiary/aromatic N) is 1. The van der Waals surface area contributed by atoms with Crippen molar-refractivity contribution in [1.82, 2.24) is 0 Å². The Kier molecular flexibility index (Phi) is 5.45. The fourth-order valence-electron chi connectivity index (χ4n) is 3.42. The Hall–Kier alpha value is -3.32. The molecule has 0 aromatic heterocycles. The molecule has 31 heavy (non-hydrogen) atoms. The summed E-state index contributed by atoms with van der Waals surface area (Å²) < 4.78 is 34.1. The molecule has 0 saturated heterocycles. The largest absolute Gasteiger partial charge is 0.476 e. The van der Waals surface area contributed by atoms with Crippen LogP contribution in [0.5, 0.6) is 5.75 Å². The first-order valence-corrected chi connectivity index (χ1v) is 11.4. The molecule has 0 aliphatic carbocycles. The molecule has 1 atom stereocenters. The second-order valence-corrected chi connectivity index (χ2v) is 9.64. The van der Waals surface area contributed by atoms with Crippen molar-refractivity contribution in [3.63, 3.8) is 0 Å². The molecule has 3 aromatic rings. The van der Waals surface area contributed by atoms with Crippen LogP contribution >= 0.6 is 0 Å². The summed E-state index contributed by atoms with van der Waals surface area (Å²) in [7, 11) is -3.88. The van der Waals surface area contributed by atoms with Gasteiger partial charge in [-0.2, -0.15) is 0 Å². The van der Waals surface area contributed by atoms with Crippen LogP contribution in [-0.2, 0) is 14.8 Å². The third-order valence-electron chi connectivity index (χ3n) is 5.20. The van der Waals surface area contributed by atoms with Crippen LogP contribution in [0.2, 0.25) is 0 Å². The van der Waals surface area contributed by atoms with Crippen molar-refractivity contribution in [3.8, 4) is 5.75 Å². The number of aryl methyl sites for hydroxylation is 3. The lowest BCUT2D eigenvalue weighted by atomic mass is 10.1. The van der Waals surface area contributed by atoms with Crippen LogP contribution in [0.3, 0.4) is 0 Å². The third-order valence-corrected chi connectivity index (χ3v) is 7.00. The predicted octanol–water partition coefficient (Wildman–Crippen LogP) is 4.21. The number of hydrogen-bond acceptors (Lipinski definition) is 4. The summed E-state index contributed by atoms with van der Waals surface area (Å²) >= 11 is 0. The van der Waals surface area contributed by atoms with Gasteiger partial charge in [-0.05, 0) is 62.7 Å². The average molecular weight is 437 g/mol. The molecule has 0 unspecified atom stereocenters. The number of fused-ring (bicyclic) bond motifs is 1. The van der Waals surface area contributed by atoms with E-state index in [1.807, 2.05) is 39.0 Å². The fraction of sp³-hybridized carbons (Fsp3) is 0.208. The molecule has 0 spiro atoms. The summed E-state index contributed by atoms with van der Waals surface area (Å²) in [6, 6.07) is 19.3. The molecule has 0 radical (unpaired) electrons. The monoisotopic (exact) mass is 436 g/mol. The van der Waals surface area contributed by atoms with E-state index in [2.05, 4.69) is 5.32 Å². The lowest BCUT2D eigenvalue weighted by molar-refractivity contribution is -0.122. The molecule has 4 rings (SSSR count). The number of carbonyl (C=O) groups excluding carboxylic acids is 1. The van der Waals surface area contributed by atoms with Crippen LogP contribution in [-0.4, -0.2) is 27.0 Å². The van der Waals surface area contributed by atoms with E-state index in [4.69, 9.17) is 4.74 Å². The van der Waals surface area contributed by atoms with Gasteiger partial charge in [-0.3, -0.25) is 9.10 Å². The van der Waals surface area contributed by atoms with Crippen LogP contribution in [0.1, 0.15) is 16.7 Å². The Morgan fingerprint density at radius 3 is 2.13 bits per heavy atom. The van der Waals surface area contributed by atoms with Crippen molar-refractivity contribution in [2.45, 2.75) is 31.8 Å². The van der Waals surface area contributed by atoms with E-state index in [0.717, 1.165) is 16.7 Å². The van der Waals surface area contributed by atoms with Gasteiger partial charge in [0.25, 0.3) is 15.9 Å². The molecule has 7 heteroatoms. The zero-order valence-electron chi connectivity index (χ0n) is 17.6. The minimum atomic E-state index is -3.88. The smallest absolute Gasteiger partial charge is 0.267 e. The van der Waals surface area contributed by atoms with Crippen molar-refractivity contribution < 1.29 is 17.9 Å². The Labute approximate surface area is 182 Å². The van der Waals surface area contributed by atoms with Gasteiger partial charge in [0.05, 0.1) is 17.1 Å². The highest BCUT2D eigenvalue weighted by molar-refractivity contribution is 7.92. The molecule has 1 amide bonds. The number of hydrogen-bond donors (Lipinski definition) is 1. The number of amides is 1. The molecule has 6 nitrogen and oxygen atoms in total. The van der Waals surface area contributed by atoms with Gasteiger partial charge in [0.2, 0.25) is 0 Å². The Morgan fingerprint density at radius 1 is 0.903 bits per heavy atom. The van der Waals surface area contributed by atoms with Gasteiger partial charge in [-0.25, -0.2) is 8.42 Å². The zero-order chi connectivity index (χ0) is 22.2. The normalized spacial score (nSPS) is 15.7. The van der Waals surface area contributed by atoms with Crippen molar-refractivity contribution >= 4 is 27.3 Å². The van der Waals surface area contributed by atoms with Gasteiger partial charge in [0.15, 0.2) is 6.10 Å². The van der Waals surface area contributed by atoms with E-state index < -0.39 is 22.0 Å². The highest BCUT2D eigenvalue weighted by atomic mass is 32.2. The molecule has 0 saturated carbocycles.